The molecule has 0 saturated heterocycles. The summed E-state index contributed by atoms with van der Waals surface area (Å²) < 4.78 is 26.9. The van der Waals surface area contributed by atoms with E-state index in [1.165, 1.54) is 22.6 Å². The van der Waals surface area contributed by atoms with Gasteiger partial charge in [0.15, 0.2) is 0 Å². The number of hydrogen-bond acceptors (Lipinski definition) is 5. The third kappa shape index (κ3) is 4.50. The van der Waals surface area contributed by atoms with Crippen LogP contribution >= 0.6 is 0 Å². The van der Waals surface area contributed by atoms with Gasteiger partial charge >= 0.3 is 5.97 Å². The lowest BCUT2D eigenvalue weighted by Gasteiger charge is -2.20. The zero-order valence-electron chi connectivity index (χ0n) is 15.3. The molecule has 0 fully saturated rings. The Bertz CT molecular complexity index is 969. The van der Waals surface area contributed by atoms with Gasteiger partial charge in [-0.15, -0.1) is 0 Å². The van der Waals surface area contributed by atoms with Crippen LogP contribution in [0.4, 0.5) is 5.69 Å². The summed E-state index contributed by atoms with van der Waals surface area (Å²) in [6.07, 6.45) is 1.23. The van der Waals surface area contributed by atoms with Crippen molar-refractivity contribution in [1.82, 2.24) is 9.29 Å². The average Bonchev–Trinajstić information content (AvgIpc) is 2.64. The van der Waals surface area contributed by atoms with Gasteiger partial charge in [-0.25, -0.2) is 18.2 Å². The molecule has 1 aromatic carbocycles. The molecule has 8 nitrogen and oxygen atoms in total. The topological polar surface area (TPSA) is 117 Å². The van der Waals surface area contributed by atoms with Crippen molar-refractivity contribution in [2.75, 3.05) is 18.4 Å². The molecule has 0 radical (unpaired) electrons. The van der Waals surface area contributed by atoms with Crippen LogP contribution in [0, 0.1) is 6.92 Å². The largest absolute Gasteiger partial charge is 0.477 e. The van der Waals surface area contributed by atoms with Crippen molar-refractivity contribution in [3.05, 3.63) is 53.3 Å². The van der Waals surface area contributed by atoms with Gasteiger partial charge in [-0.05, 0) is 36.8 Å². The number of sulfonamides is 1. The maximum Gasteiger partial charge on any atom is 0.354 e. The number of anilines is 1. The predicted molar refractivity (Wildman–Crippen MR) is 100 cm³/mol. The number of aromatic nitrogens is 1. The fourth-order valence-electron chi connectivity index (χ4n) is 2.55. The summed E-state index contributed by atoms with van der Waals surface area (Å²) in [6.45, 7) is 5.87. The molecule has 27 heavy (non-hydrogen) atoms. The second-order valence-corrected chi connectivity index (χ2v) is 7.66. The van der Waals surface area contributed by atoms with E-state index in [1.54, 1.807) is 32.9 Å². The third-order valence-electron chi connectivity index (χ3n) is 4.01. The molecular weight excluding hydrogens is 370 g/mol. The van der Waals surface area contributed by atoms with Crippen molar-refractivity contribution in [3.63, 3.8) is 0 Å². The number of aryl methyl sites for hydroxylation is 1. The van der Waals surface area contributed by atoms with Gasteiger partial charge in [0, 0.05) is 30.5 Å². The number of carbonyl (C=O) groups excluding carboxylic acids is 1. The van der Waals surface area contributed by atoms with Crippen molar-refractivity contribution < 1.29 is 23.1 Å². The Morgan fingerprint density at radius 1 is 1.15 bits per heavy atom. The van der Waals surface area contributed by atoms with Crippen molar-refractivity contribution in [2.24, 2.45) is 0 Å². The lowest BCUT2D eigenvalue weighted by molar-refractivity contribution is 0.0690. The average molecular weight is 391 g/mol. The molecule has 0 atom stereocenters. The van der Waals surface area contributed by atoms with Gasteiger partial charge in [-0.3, -0.25) is 4.79 Å². The Kier molecular flexibility index (Phi) is 6.29. The SMILES string of the molecule is CCN(CC)S(=O)(=O)c1cc(NC(=O)c2ccnc(C(=O)O)c2)ccc1C. The normalized spacial score (nSPS) is 11.4. The maximum atomic E-state index is 12.8. The molecule has 0 aliphatic carbocycles. The fourth-order valence-corrected chi connectivity index (χ4v) is 4.26. The number of hydrogen-bond donors (Lipinski definition) is 2. The summed E-state index contributed by atoms with van der Waals surface area (Å²) in [5.74, 6) is -1.80. The summed E-state index contributed by atoms with van der Waals surface area (Å²) in [4.78, 5) is 27.1. The first-order chi connectivity index (χ1) is 12.7. The van der Waals surface area contributed by atoms with Gasteiger partial charge in [-0.1, -0.05) is 19.9 Å². The first kappa shape index (κ1) is 20.5. The third-order valence-corrected chi connectivity index (χ3v) is 6.20. The quantitative estimate of drug-likeness (QED) is 0.748. The van der Waals surface area contributed by atoms with Crippen LogP contribution in [-0.4, -0.2) is 47.8 Å². The number of nitrogens with one attached hydrogen (secondary N) is 1. The van der Waals surface area contributed by atoms with Crippen molar-refractivity contribution in [2.45, 2.75) is 25.7 Å². The van der Waals surface area contributed by atoms with E-state index in [0.717, 1.165) is 6.07 Å². The van der Waals surface area contributed by atoms with Gasteiger partial charge in [0.1, 0.15) is 5.69 Å². The number of carboxylic acid groups (broad SMARTS) is 1. The number of rotatable bonds is 7. The minimum absolute atomic E-state index is 0.108. The first-order valence-electron chi connectivity index (χ1n) is 8.32. The molecule has 2 rings (SSSR count). The Morgan fingerprint density at radius 3 is 2.41 bits per heavy atom. The van der Waals surface area contributed by atoms with Crippen LogP contribution in [0.3, 0.4) is 0 Å². The van der Waals surface area contributed by atoms with Crippen molar-refractivity contribution in [1.29, 1.82) is 0 Å². The number of pyridine rings is 1. The highest BCUT2D eigenvalue weighted by molar-refractivity contribution is 7.89. The molecule has 0 bridgehead atoms. The second-order valence-electron chi connectivity index (χ2n) is 5.76. The van der Waals surface area contributed by atoms with Crippen molar-refractivity contribution >= 4 is 27.6 Å². The van der Waals surface area contributed by atoms with Crippen LogP contribution in [0.15, 0.2) is 41.4 Å². The minimum Gasteiger partial charge on any atom is -0.477 e. The van der Waals surface area contributed by atoms with E-state index in [2.05, 4.69) is 10.3 Å². The van der Waals surface area contributed by atoms with Crippen LogP contribution in [0.25, 0.3) is 0 Å². The molecule has 0 aliphatic rings. The second kappa shape index (κ2) is 8.28. The van der Waals surface area contributed by atoms with Crippen LogP contribution in [0.5, 0.6) is 0 Å². The molecule has 2 N–H and O–H groups in total. The summed E-state index contributed by atoms with van der Waals surface area (Å²) in [6, 6.07) is 7.14. The number of amides is 1. The van der Waals surface area contributed by atoms with Crippen LogP contribution in [0.2, 0.25) is 0 Å². The van der Waals surface area contributed by atoms with Gasteiger partial charge in [0.25, 0.3) is 5.91 Å². The summed E-state index contributed by atoms with van der Waals surface area (Å²) in [5.41, 5.74) is 0.717. The molecule has 1 aromatic heterocycles. The van der Waals surface area contributed by atoms with Crippen LogP contribution < -0.4 is 5.32 Å². The summed E-state index contributed by atoms with van der Waals surface area (Å²) in [5, 5.41) is 11.6. The van der Waals surface area contributed by atoms with E-state index in [1.807, 2.05) is 0 Å². The number of aromatic carboxylic acids is 1. The Hall–Kier alpha value is -2.78. The molecule has 144 valence electrons. The predicted octanol–water partition coefficient (Wildman–Crippen LogP) is 2.37. The molecule has 9 heteroatoms. The van der Waals surface area contributed by atoms with Crippen LogP contribution in [0.1, 0.15) is 40.3 Å². The van der Waals surface area contributed by atoms with E-state index in [0.29, 0.717) is 24.3 Å². The smallest absolute Gasteiger partial charge is 0.354 e. The Labute approximate surface area is 157 Å². The zero-order valence-corrected chi connectivity index (χ0v) is 16.1. The molecule has 0 saturated carbocycles. The van der Waals surface area contributed by atoms with E-state index < -0.39 is 21.9 Å². The van der Waals surface area contributed by atoms with Gasteiger partial charge < -0.3 is 10.4 Å². The summed E-state index contributed by atoms with van der Waals surface area (Å²) >= 11 is 0. The molecule has 2 aromatic rings. The Morgan fingerprint density at radius 2 is 1.81 bits per heavy atom. The highest BCUT2D eigenvalue weighted by Crippen LogP contribution is 2.24. The molecular formula is C18H21N3O5S. The van der Waals surface area contributed by atoms with E-state index in [9.17, 15) is 18.0 Å². The minimum atomic E-state index is -3.68. The lowest BCUT2D eigenvalue weighted by Crippen LogP contribution is -2.31. The van der Waals surface area contributed by atoms with Gasteiger partial charge in [0.05, 0.1) is 4.90 Å². The molecule has 1 heterocycles. The lowest BCUT2D eigenvalue weighted by atomic mass is 10.2. The molecule has 0 spiro atoms. The number of benzene rings is 1. The first-order valence-corrected chi connectivity index (χ1v) is 9.76. The molecule has 0 unspecified atom stereocenters. The fraction of sp³-hybridized carbons (Fsp3) is 0.278. The number of carboxylic acids is 1. The molecule has 1 amide bonds. The highest BCUT2D eigenvalue weighted by atomic mass is 32.2. The zero-order chi connectivity index (χ0) is 20.2. The highest BCUT2D eigenvalue weighted by Gasteiger charge is 2.24. The standard InChI is InChI=1S/C18H21N3O5S/c1-4-21(5-2)27(25,26)16-11-14(7-6-12(16)3)20-17(22)13-8-9-19-15(10-13)18(23)24/h6-11H,4-5H2,1-3H3,(H,20,22)(H,23,24). The maximum absolute atomic E-state index is 12.8. The van der Waals surface area contributed by atoms with Crippen LogP contribution in [-0.2, 0) is 10.0 Å². The monoisotopic (exact) mass is 391 g/mol. The van der Waals surface area contributed by atoms with E-state index in [4.69, 9.17) is 5.11 Å². The molecule has 0 aliphatic heterocycles. The van der Waals surface area contributed by atoms with E-state index in [-0.39, 0.29) is 16.2 Å². The Balaban J connectivity index is 2.35. The number of carbonyl (C=O) groups is 2. The number of nitrogens with zero attached hydrogens (tertiary/aromatic N) is 2. The van der Waals surface area contributed by atoms with Gasteiger partial charge in [-0.2, -0.15) is 4.31 Å². The van der Waals surface area contributed by atoms with Crippen molar-refractivity contribution in [3.8, 4) is 0 Å². The van der Waals surface area contributed by atoms with E-state index >= 15 is 0 Å². The summed E-state index contributed by atoms with van der Waals surface area (Å²) in [7, 11) is -3.68. The van der Waals surface area contributed by atoms with Gasteiger partial charge in [0.2, 0.25) is 10.0 Å².